The Kier molecular flexibility index (Phi) is 9.24. The molecule has 1 unspecified atom stereocenters. The number of carbonyl (C=O) groups is 1. The van der Waals surface area contributed by atoms with Gasteiger partial charge in [-0.05, 0) is 70.8 Å². The maximum atomic E-state index is 17.2. The summed E-state index contributed by atoms with van der Waals surface area (Å²) in [5.74, 6) is -0.414. The Balaban J connectivity index is 1.37. The lowest BCUT2D eigenvalue weighted by molar-refractivity contribution is -0.130. The second kappa shape index (κ2) is 13.8. The third-order valence-electron chi connectivity index (χ3n) is 10.4. The summed E-state index contributed by atoms with van der Waals surface area (Å²) in [6, 6.07) is 11.6. The lowest BCUT2D eigenvalue weighted by Crippen LogP contribution is -2.46. The average Bonchev–Trinajstić information content (AvgIpc) is 3.83. The summed E-state index contributed by atoms with van der Waals surface area (Å²) in [5, 5.41) is 25.1. The van der Waals surface area contributed by atoms with Crippen LogP contribution in [0.5, 0.6) is 5.88 Å². The molecule has 13 heteroatoms. The minimum Gasteiger partial charge on any atom is -0.471 e. The molecule has 2 saturated heterocycles. The Hall–Kier alpha value is -4.93. The maximum Gasteiger partial charge on any atom is 0.246 e. The van der Waals surface area contributed by atoms with Gasteiger partial charge in [0, 0.05) is 55.2 Å². The number of ether oxygens (including phenoxy) is 2. The van der Waals surface area contributed by atoms with Crippen molar-refractivity contribution in [2.24, 2.45) is 7.05 Å². The summed E-state index contributed by atoms with van der Waals surface area (Å²) in [6.45, 7) is 5.64. The first-order chi connectivity index (χ1) is 24.2. The van der Waals surface area contributed by atoms with Gasteiger partial charge in [0.25, 0.3) is 0 Å². The zero-order valence-electron chi connectivity index (χ0n) is 29.1. The van der Waals surface area contributed by atoms with Gasteiger partial charge in [-0.15, -0.1) is 5.10 Å². The summed E-state index contributed by atoms with van der Waals surface area (Å²) in [4.78, 5) is 22.0. The van der Waals surface area contributed by atoms with Gasteiger partial charge in [-0.2, -0.15) is 10.4 Å². The van der Waals surface area contributed by atoms with Crippen LogP contribution in [0.1, 0.15) is 50.6 Å². The molecule has 1 amide bonds. The molecular weight excluding hydrogens is 637 g/mol. The van der Waals surface area contributed by atoms with Crippen LogP contribution in [-0.4, -0.2) is 97.5 Å². The van der Waals surface area contributed by atoms with Gasteiger partial charge in [0.05, 0.1) is 30.7 Å². The monoisotopic (exact) mass is 679 g/mol. The van der Waals surface area contributed by atoms with E-state index in [0.29, 0.717) is 59.2 Å². The van der Waals surface area contributed by atoms with Gasteiger partial charge in [-0.25, -0.2) is 14.1 Å². The van der Waals surface area contributed by atoms with E-state index in [-0.39, 0.29) is 48.0 Å². The number of para-hydroxylation sites is 1. The standard InChI is InChI=1S/C37H42FN9O3/c1-22-20-27-34(32(38)31(22)33-26-10-6-7-11-29(26)45(4)42-33)40-37(50-23(2)28-12-8-17-44(28)3)35-36(27)47(43-41-35)25-15-18-46(24(21-25)14-16-39)30(48)13-9-19-49-5/h6-7,9-11,13,20,23-25,28H,8,12,14-15,17-19,21H2,1-5H3/b13-9+/t23-,24+,25-,28?/m0/s1. The molecule has 0 radical (unpaired) electrons. The zero-order chi connectivity index (χ0) is 35.1. The van der Waals surface area contributed by atoms with Crippen molar-refractivity contribution in [3.8, 4) is 23.2 Å². The average molecular weight is 680 g/mol. The van der Waals surface area contributed by atoms with Crippen molar-refractivity contribution in [3.63, 3.8) is 0 Å². The number of rotatable bonds is 9. The number of halogens is 1. The van der Waals surface area contributed by atoms with Crippen LogP contribution in [0.2, 0.25) is 0 Å². The van der Waals surface area contributed by atoms with Crippen molar-refractivity contribution in [3.05, 3.63) is 53.9 Å². The number of methoxy groups -OCH3 is 1. The molecule has 0 bridgehead atoms. The van der Waals surface area contributed by atoms with E-state index in [4.69, 9.17) is 19.6 Å². The van der Waals surface area contributed by atoms with Crippen LogP contribution in [0.4, 0.5) is 4.39 Å². The maximum absolute atomic E-state index is 17.2. The van der Waals surface area contributed by atoms with Crippen LogP contribution in [0.3, 0.4) is 0 Å². The fraction of sp³-hybridized carbons (Fsp3) is 0.459. The number of aryl methyl sites for hydroxylation is 2. The van der Waals surface area contributed by atoms with E-state index in [2.05, 4.69) is 28.3 Å². The van der Waals surface area contributed by atoms with Crippen LogP contribution < -0.4 is 4.74 Å². The fourth-order valence-corrected chi connectivity index (χ4v) is 7.89. The van der Waals surface area contributed by atoms with Crippen molar-refractivity contribution in [2.45, 2.75) is 70.2 Å². The summed E-state index contributed by atoms with van der Waals surface area (Å²) >= 11 is 0. The highest BCUT2D eigenvalue weighted by molar-refractivity contribution is 6.07. The normalized spacial score (nSPS) is 20.7. The number of carbonyl (C=O) groups excluding carboxylic acids is 1. The second-order valence-corrected chi connectivity index (χ2v) is 13.5. The van der Waals surface area contributed by atoms with Crippen LogP contribution in [-0.2, 0) is 16.6 Å². The quantitative estimate of drug-likeness (QED) is 0.186. The molecule has 0 saturated carbocycles. The van der Waals surface area contributed by atoms with Gasteiger partial charge in [-0.1, -0.05) is 29.5 Å². The topological polar surface area (TPSA) is 127 Å². The number of benzene rings is 2. The highest BCUT2D eigenvalue weighted by Crippen LogP contribution is 2.41. The van der Waals surface area contributed by atoms with Gasteiger partial charge >= 0.3 is 0 Å². The molecule has 7 rings (SSSR count). The Morgan fingerprint density at radius 2 is 2.00 bits per heavy atom. The molecule has 0 spiro atoms. The molecule has 0 N–H and O–H groups in total. The zero-order valence-corrected chi connectivity index (χ0v) is 29.1. The van der Waals surface area contributed by atoms with Crippen molar-refractivity contribution >= 4 is 38.7 Å². The smallest absolute Gasteiger partial charge is 0.246 e. The van der Waals surface area contributed by atoms with Gasteiger partial charge in [0.1, 0.15) is 22.8 Å². The van der Waals surface area contributed by atoms with E-state index in [0.717, 1.165) is 30.3 Å². The Labute approximate surface area is 290 Å². The molecule has 4 atom stereocenters. The highest BCUT2D eigenvalue weighted by atomic mass is 19.1. The molecule has 260 valence electrons. The predicted octanol–water partition coefficient (Wildman–Crippen LogP) is 5.49. The van der Waals surface area contributed by atoms with Crippen molar-refractivity contribution in [1.82, 2.24) is 39.6 Å². The third-order valence-corrected chi connectivity index (χ3v) is 10.4. The number of piperidine rings is 1. The van der Waals surface area contributed by atoms with E-state index >= 15 is 4.39 Å². The van der Waals surface area contributed by atoms with Crippen LogP contribution in [0, 0.1) is 24.1 Å². The molecule has 2 fully saturated rings. The molecule has 2 aliphatic rings. The number of amides is 1. The van der Waals surface area contributed by atoms with E-state index in [9.17, 15) is 10.1 Å². The van der Waals surface area contributed by atoms with E-state index in [1.165, 1.54) is 6.08 Å². The predicted molar refractivity (Wildman–Crippen MR) is 188 cm³/mol. The Morgan fingerprint density at radius 1 is 1.18 bits per heavy atom. The molecular formula is C37H42FN9O3. The summed E-state index contributed by atoms with van der Waals surface area (Å²) in [6.07, 6.45) is 6.24. The van der Waals surface area contributed by atoms with Crippen LogP contribution >= 0.6 is 0 Å². The molecule has 2 aliphatic heterocycles. The number of nitriles is 1. The van der Waals surface area contributed by atoms with Crippen LogP contribution in [0.25, 0.3) is 44.1 Å². The number of hydrogen-bond acceptors (Lipinski definition) is 9. The Bertz CT molecular complexity index is 2150. The number of likely N-dealkylation sites (tertiary alicyclic amines) is 2. The number of hydrogen-bond donors (Lipinski definition) is 0. The Morgan fingerprint density at radius 3 is 2.76 bits per heavy atom. The van der Waals surface area contributed by atoms with Gasteiger partial charge < -0.3 is 14.4 Å². The first-order valence-corrected chi connectivity index (χ1v) is 17.2. The first kappa shape index (κ1) is 33.6. The minimum absolute atomic E-state index is 0.155. The van der Waals surface area contributed by atoms with Crippen molar-refractivity contribution in [2.75, 3.05) is 33.9 Å². The number of fused-ring (bicyclic) bond motifs is 4. The molecule has 5 heterocycles. The van der Waals surface area contributed by atoms with Crippen LogP contribution in [0.15, 0.2) is 42.5 Å². The summed E-state index contributed by atoms with van der Waals surface area (Å²) in [5.41, 5.74) is 3.77. The van der Waals surface area contributed by atoms with E-state index in [1.54, 1.807) is 22.8 Å². The SMILES string of the molecule is COC/C=C/C(=O)N1CC[C@H](n2nnc3c(O[C@@H](C)C4CCCN4C)nc4c(F)c(-c5nn(C)c6ccccc56)c(C)cc4c32)C[C@H]1CC#N. The molecule has 50 heavy (non-hydrogen) atoms. The molecule has 2 aromatic carbocycles. The van der Waals surface area contributed by atoms with Crippen molar-refractivity contribution in [1.29, 1.82) is 5.26 Å². The molecule has 5 aromatic rings. The van der Waals surface area contributed by atoms with Crippen molar-refractivity contribution < 1.29 is 18.7 Å². The molecule has 12 nitrogen and oxygen atoms in total. The first-order valence-electron chi connectivity index (χ1n) is 17.2. The molecule has 0 aliphatic carbocycles. The number of aromatic nitrogens is 6. The number of likely N-dealkylation sites (N-methyl/N-ethyl adjacent to an activating group) is 1. The second-order valence-electron chi connectivity index (χ2n) is 13.5. The molecule has 3 aromatic heterocycles. The van der Waals surface area contributed by atoms with E-state index in [1.807, 2.05) is 55.9 Å². The number of pyridine rings is 1. The summed E-state index contributed by atoms with van der Waals surface area (Å²) < 4.78 is 32.4. The van der Waals surface area contributed by atoms with Gasteiger partial charge in [0.2, 0.25) is 11.8 Å². The largest absolute Gasteiger partial charge is 0.471 e. The number of nitrogens with zero attached hydrogens (tertiary/aromatic N) is 9. The lowest BCUT2D eigenvalue weighted by atomic mass is 9.94. The lowest BCUT2D eigenvalue weighted by Gasteiger charge is -2.38. The third kappa shape index (κ3) is 5.86. The highest BCUT2D eigenvalue weighted by Gasteiger charge is 2.35. The van der Waals surface area contributed by atoms with Gasteiger partial charge in [-0.3, -0.25) is 14.4 Å². The fourth-order valence-electron chi connectivity index (χ4n) is 7.89. The summed E-state index contributed by atoms with van der Waals surface area (Å²) in [7, 11) is 5.51. The minimum atomic E-state index is -0.486. The van der Waals surface area contributed by atoms with E-state index < -0.39 is 5.82 Å². The van der Waals surface area contributed by atoms with Gasteiger partial charge in [0.15, 0.2) is 11.3 Å².